The van der Waals surface area contributed by atoms with Gasteiger partial charge < -0.3 is 15.7 Å². The molecule has 1 atom stereocenters. The molecule has 0 aliphatic heterocycles. The summed E-state index contributed by atoms with van der Waals surface area (Å²) in [5.41, 5.74) is 6.64. The van der Waals surface area contributed by atoms with Crippen LogP contribution in [0, 0.1) is 0 Å². The first-order valence-electron chi connectivity index (χ1n) is 6.10. The van der Waals surface area contributed by atoms with Crippen molar-refractivity contribution in [2.75, 3.05) is 20.1 Å². The van der Waals surface area contributed by atoms with E-state index in [0.29, 0.717) is 6.54 Å². The van der Waals surface area contributed by atoms with Gasteiger partial charge in [0, 0.05) is 12.6 Å². The van der Waals surface area contributed by atoms with Gasteiger partial charge in [0.05, 0.1) is 5.60 Å². The van der Waals surface area contributed by atoms with E-state index in [1.54, 1.807) is 0 Å². The quantitative estimate of drug-likeness (QED) is 0.791. The summed E-state index contributed by atoms with van der Waals surface area (Å²) in [5, 5.41) is 9.70. The third-order valence-electron chi connectivity index (χ3n) is 2.71. The maximum Gasteiger partial charge on any atom is 0.0718 e. The van der Waals surface area contributed by atoms with Crippen LogP contribution in [0.5, 0.6) is 0 Å². The zero-order chi connectivity index (χ0) is 12.9. The number of hydrogen-bond acceptors (Lipinski definition) is 3. The van der Waals surface area contributed by atoms with E-state index in [2.05, 4.69) is 17.0 Å². The zero-order valence-corrected chi connectivity index (χ0v) is 11.1. The fraction of sp³-hybridized carbons (Fsp3) is 0.571. The molecular weight excluding hydrogens is 212 g/mol. The van der Waals surface area contributed by atoms with Crippen LogP contribution in [0.15, 0.2) is 30.3 Å². The molecule has 0 spiro atoms. The van der Waals surface area contributed by atoms with Gasteiger partial charge in [0.15, 0.2) is 0 Å². The van der Waals surface area contributed by atoms with Crippen LogP contribution < -0.4 is 5.73 Å². The van der Waals surface area contributed by atoms with E-state index >= 15 is 0 Å². The number of benzene rings is 1. The third kappa shape index (κ3) is 5.82. The third-order valence-corrected chi connectivity index (χ3v) is 2.71. The van der Waals surface area contributed by atoms with Gasteiger partial charge in [-0.1, -0.05) is 30.3 Å². The van der Waals surface area contributed by atoms with Crippen LogP contribution in [0.3, 0.4) is 0 Å². The van der Waals surface area contributed by atoms with Crippen molar-refractivity contribution in [1.29, 1.82) is 0 Å². The molecule has 96 valence electrons. The fourth-order valence-corrected chi connectivity index (χ4v) is 1.97. The van der Waals surface area contributed by atoms with Gasteiger partial charge in [-0.15, -0.1) is 0 Å². The number of hydrogen-bond donors (Lipinski definition) is 2. The van der Waals surface area contributed by atoms with Crippen molar-refractivity contribution in [3.05, 3.63) is 35.9 Å². The molecule has 0 fully saturated rings. The van der Waals surface area contributed by atoms with Crippen molar-refractivity contribution >= 4 is 0 Å². The Morgan fingerprint density at radius 1 is 1.29 bits per heavy atom. The molecule has 1 rings (SSSR count). The number of nitrogens with two attached hydrogens (primary N) is 1. The summed E-state index contributed by atoms with van der Waals surface area (Å²) < 4.78 is 0. The van der Waals surface area contributed by atoms with Gasteiger partial charge in [-0.3, -0.25) is 0 Å². The van der Waals surface area contributed by atoms with Crippen LogP contribution in [0.4, 0.5) is 0 Å². The van der Waals surface area contributed by atoms with E-state index in [4.69, 9.17) is 5.73 Å². The molecule has 0 amide bonds. The SMILES string of the molecule is CN(CCC(N)c1ccccc1)CC(C)(C)O. The number of likely N-dealkylation sites (N-methyl/N-ethyl adjacent to an activating group) is 1. The van der Waals surface area contributed by atoms with Crippen molar-refractivity contribution < 1.29 is 5.11 Å². The molecule has 0 radical (unpaired) electrons. The summed E-state index contributed by atoms with van der Waals surface area (Å²) in [6.07, 6.45) is 0.899. The fourth-order valence-electron chi connectivity index (χ4n) is 1.97. The lowest BCUT2D eigenvalue weighted by Gasteiger charge is -2.26. The van der Waals surface area contributed by atoms with Gasteiger partial charge >= 0.3 is 0 Å². The Bertz CT molecular complexity index is 319. The molecule has 0 aliphatic carbocycles. The van der Waals surface area contributed by atoms with Crippen LogP contribution in [0.2, 0.25) is 0 Å². The Balaban J connectivity index is 2.36. The number of rotatable bonds is 6. The minimum atomic E-state index is -0.647. The molecule has 0 heterocycles. The number of aliphatic hydroxyl groups is 1. The van der Waals surface area contributed by atoms with E-state index in [-0.39, 0.29) is 6.04 Å². The molecule has 3 nitrogen and oxygen atoms in total. The molecule has 0 aliphatic rings. The Morgan fingerprint density at radius 3 is 2.41 bits per heavy atom. The Kier molecular flexibility index (Phi) is 5.12. The maximum absolute atomic E-state index is 9.70. The van der Waals surface area contributed by atoms with Crippen LogP contribution in [-0.2, 0) is 0 Å². The lowest BCUT2D eigenvalue weighted by Crippen LogP contribution is -2.37. The minimum Gasteiger partial charge on any atom is -0.389 e. The molecule has 0 saturated heterocycles. The normalized spacial score (nSPS) is 14.0. The van der Waals surface area contributed by atoms with Crippen molar-refractivity contribution in [3.8, 4) is 0 Å². The van der Waals surface area contributed by atoms with Crippen LogP contribution in [-0.4, -0.2) is 35.7 Å². The summed E-state index contributed by atoms with van der Waals surface area (Å²) in [6.45, 7) is 5.19. The predicted molar refractivity (Wildman–Crippen MR) is 71.8 cm³/mol. The summed E-state index contributed by atoms with van der Waals surface area (Å²) in [5.74, 6) is 0. The lowest BCUT2D eigenvalue weighted by molar-refractivity contribution is 0.0438. The molecule has 17 heavy (non-hydrogen) atoms. The van der Waals surface area contributed by atoms with E-state index in [1.165, 1.54) is 5.56 Å². The van der Waals surface area contributed by atoms with E-state index in [9.17, 15) is 5.11 Å². The van der Waals surface area contributed by atoms with Gasteiger partial charge in [-0.05, 0) is 39.4 Å². The molecule has 0 bridgehead atoms. The molecule has 1 aromatic rings. The van der Waals surface area contributed by atoms with Gasteiger partial charge in [-0.2, -0.15) is 0 Å². The highest BCUT2D eigenvalue weighted by Gasteiger charge is 2.16. The average Bonchev–Trinajstić information content (AvgIpc) is 2.25. The molecule has 0 aromatic heterocycles. The van der Waals surface area contributed by atoms with E-state index < -0.39 is 5.60 Å². The Hall–Kier alpha value is -0.900. The van der Waals surface area contributed by atoms with Gasteiger partial charge in [0.1, 0.15) is 0 Å². The van der Waals surface area contributed by atoms with Gasteiger partial charge in [0.2, 0.25) is 0 Å². The van der Waals surface area contributed by atoms with Gasteiger partial charge in [-0.25, -0.2) is 0 Å². The van der Waals surface area contributed by atoms with Crippen molar-refractivity contribution in [3.63, 3.8) is 0 Å². The second-order valence-corrected chi connectivity index (χ2v) is 5.36. The number of nitrogens with zero attached hydrogens (tertiary/aromatic N) is 1. The highest BCUT2D eigenvalue weighted by molar-refractivity contribution is 5.18. The summed E-state index contributed by atoms with van der Waals surface area (Å²) >= 11 is 0. The molecular formula is C14H24N2O. The highest BCUT2D eigenvalue weighted by atomic mass is 16.3. The smallest absolute Gasteiger partial charge is 0.0718 e. The standard InChI is InChI=1S/C14H24N2O/c1-14(2,17)11-16(3)10-9-13(15)12-7-5-4-6-8-12/h4-8,13,17H,9-11,15H2,1-3H3. The van der Waals surface area contributed by atoms with Crippen molar-refractivity contribution in [1.82, 2.24) is 4.90 Å². The largest absolute Gasteiger partial charge is 0.389 e. The van der Waals surface area contributed by atoms with E-state index in [1.807, 2.05) is 39.1 Å². The Labute approximate surface area is 104 Å². The van der Waals surface area contributed by atoms with Crippen LogP contribution >= 0.6 is 0 Å². The monoisotopic (exact) mass is 236 g/mol. The first-order valence-corrected chi connectivity index (χ1v) is 6.10. The molecule has 1 unspecified atom stereocenters. The molecule has 3 N–H and O–H groups in total. The zero-order valence-electron chi connectivity index (χ0n) is 11.1. The van der Waals surface area contributed by atoms with Gasteiger partial charge in [0.25, 0.3) is 0 Å². The average molecular weight is 236 g/mol. The molecule has 1 aromatic carbocycles. The first-order chi connectivity index (χ1) is 7.88. The lowest BCUT2D eigenvalue weighted by atomic mass is 10.0. The summed E-state index contributed by atoms with van der Waals surface area (Å²) in [7, 11) is 2.01. The van der Waals surface area contributed by atoms with Crippen molar-refractivity contribution in [2.45, 2.75) is 31.9 Å². The topological polar surface area (TPSA) is 49.5 Å². The summed E-state index contributed by atoms with van der Waals surface area (Å²) in [6, 6.07) is 10.2. The first kappa shape index (κ1) is 14.2. The second kappa shape index (κ2) is 6.15. The van der Waals surface area contributed by atoms with E-state index in [0.717, 1.165) is 13.0 Å². The minimum absolute atomic E-state index is 0.0699. The maximum atomic E-state index is 9.70. The molecule has 0 saturated carbocycles. The van der Waals surface area contributed by atoms with Crippen LogP contribution in [0.25, 0.3) is 0 Å². The molecule has 3 heteroatoms. The highest BCUT2D eigenvalue weighted by Crippen LogP contribution is 2.14. The second-order valence-electron chi connectivity index (χ2n) is 5.36. The van der Waals surface area contributed by atoms with Crippen molar-refractivity contribution in [2.24, 2.45) is 5.73 Å². The summed E-state index contributed by atoms with van der Waals surface area (Å²) in [4.78, 5) is 2.11. The Morgan fingerprint density at radius 2 is 1.88 bits per heavy atom. The van der Waals surface area contributed by atoms with Crippen LogP contribution in [0.1, 0.15) is 31.9 Å². The predicted octanol–water partition coefficient (Wildman–Crippen LogP) is 1.78.